The number of aromatic nitrogens is 2. The quantitative estimate of drug-likeness (QED) is 0.407. The minimum absolute atomic E-state index is 0.000214. The lowest BCUT2D eigenvalue weighted by Gasteiger charge is -2.35. The first-order chi connectivity index (χ1) is 17.0. The van der Waals surface area contributed by atoms with Crippen molar-refractivity contribution in [1.82, 2.24) is 14.9 Å². The Morgan fingerprint density at radius 3 is 2.57 bits per heavy atom. The van der Waals surface area contributed by atoms with Crippen LogP contribution in [0.2, 0.25) is 0 Å². The topological polar surface area (TPSA) is 88.8 Å². The normalized spacial score (nSPS) is 13.8. The van der Waals surface area contributed by atoms with E-state index in [0.717, 1.165) is 11.4 Å². The molecule has 1 saturated heterocycles. The highest BCUT2D eigenvalue weighted by atomic mass is 19.1. The van der Waals surface area contributed by atoms with Gasteiger partial charge in [0.15, 0.2) is 11.3 Å². The van der Waals surface area contributed by atoms with E-state index >= 15 is 0 Å². The Hall–Kier alpha value is -4.27. The molecule has 0 radical (unpaired) electrons. The van der Waals surface area contributed by atoms with Gasteiger partial charge in [-0.3, -0.25) is 4.79 Å². The van der Waals surface area contributed by atoms with Gasteiger partial charge < -0.3 is 19.0 Å². The van der Waals surface area contributed by atoms with Crippen molar-refractivity contribution in [3.63, 3.8) is 0 Å². The molecule has 3 heterocycles. The van der Waals surface area contributed by atoms with Crippen LogP contribution in [0.15, 0.2) is 70.1 Å². The maximum atomic E-state index is 13.2. The summed E-state index contributed by atoms with van der Waals surface area (Å²) in [6.45, 7) is 4.21. The highest BCUT2D eigenvalue weighted by Gasteiger charge is 2.26. The molecule has 8 nitrogen and oxygen atoms in total. The van der Waals surface area contributed by atoms with E-state index in [1.165, 1.54) is 18.5 Å². The van der Waals surface area contributed by atoms with Crippen LogP contribution < -0.4 is 15.3 Å². The third-order valence-corrected chi connectivity index (χ3v) is 5.94. The molecule has 0 bridgehead atoms. The van der Waals surface area contributed by atoms with Gasteiger partial charge in [-0.25, -0.2) is 19.2 Å². The van der Waals surface area contributed by atoms with Crippen LogP contribution in [0.4, 0.5) is 10.2 Å². The van der Waals surface area contributed by atoms with Crippen molar-refractivity contribution in [2.24, 2.45) is 0 Å². The fourth-order valence-electron chi connectivity index (χ4n) is 4.14. The second-order valence-electron chi connectivity index (χ2n) is 8.10. The van der Waals surface area contributed by atoms with Gasteiger partial charge in [0.25, 0.3) is 5.91 Å². The van der Waals surface area contributed by atoms with Crippen molar-refractivity contribution >= 4 is 22.7 Å². The summed E-state index contributed by atoms with van der Waals surface area (Å²) in [5.41, 5.74) is 1.13. The fourth-order valence-corrected chi connectivity index (χ4v) is 4.14. The van der Waals surface area contributed by atoms with E-state index in [0.29, 0.717) is 55.2 Å². The predicted octanol–water partition coefficient (Wildman–Crippen LogP) is 3.75. The standard InChI is InChI=1S/C26H23FN4O4/c1-2-34-22-5-3-4-18-14-20(26(33)35-24(18)22)25(32)31-12-10-30(11-13-31)23-15-21(28-16-29-23)17-6-8-19(27)9-7-17/h3-9,14-16H,2,10-13H2,1H3. The van der Waals surface area contributed by atoms with Crippen LogP contribution in [-0.4, -0.2) is 53.6 Å². The predicted molar refractivity (Wildman–Crippen MR) is 129 cm³/mol. The Morgan fingerprint density at radius 1 is 1.06 bits per heavy atom. The molecule has 1 amide bonds. The minimum atomic E-state index is -0.683. The Morgan fingerprint density at radius 2 is 1.83 bits per heavy atom. The number of hydrogen-bond acceptors (Lipinski definition) is 7. The number of para-hydroxylation sites is 1. The van der Waals surface area contributed by atoms with E-state index in [1.54, 1.807) is 41.3 Å². The Labute approximate surface area is 200 Å². The summed E-state index contributed by atoms with van der Waals surface area (Å²) >= 11 is 0. The molecule has 5 rings (SSSR count). The highest BCUT2D eigenvalue weighted by Crippen LogP contribution is 2.26. The van der Waals surface area contributed by atoms with Crippen LogP contribution >= 0.6 is 0 Å². The molecule has 35 heavy (non-hydrogen) atoms. The van der Waals surface area contributed by atoms with Gasteiger partial charge in [-0.15, -0.1) is 0 Å². The molecule has 4 aromatic rings. The molecule has 0 unspecified atom stereocenters. The molecule has 0 atom stereocenters. The van der Waals surface area contributed by atoms with E-state index in [-0.39, 0.29) is 17.3 Å². The number of hydrogen-bond donors (Lipinski definition) is 0. The SMILES string of the molecule is CCOc1cccc2cc(C(=O)N3CCN(c4cc(-c5ccc(F)cc5)ncn4)CC3)c(=O)oc12. The number of carbonyl (C=O) groups excluding carboxylic acids is 1. The number of halogens is 1. The molecule has 178 valence electrons. The Bertz CT molecular complexity index is 1430. The lowest BCUT2D eigenvalue weighted by atomic mass is 10.1. The Kier molecular flexibility index (Phi) is 6.13. The van der Waals surface area contributed by atoms with Crippen molar-refractivity contribution in [1.29, 1.82) is 0 Å². The smallest absolute Gasteiger partial charge is 0.349 e. The van der Waals surface area contributed by atoms with Crippen LogP contribution in [-0.2, 0) is 0 Å². The van der Waals surface area contributed by atoms with Gasteiger partial charge in [-0.2, -0.15) is 0 Å². The average molecular weight is 474 g/mol. The van der Waals surface area contributed by atoms with Gasteiger partial charge in [-0.05, 0) is 43.3 Å². The molecular formula is C26H23FN4O4. The molecule has 1 fully saturated rings. The van der Waals surface area contributed by atoms with Gasteiger partial charge in [0, 0.05) is 43.2 Å². The molecule has 9 heteroatoms. The molecular weight excluding hydrogens is 451 g/mol. The van der Waals surface area contributed by atoms with Gasteiger partial charge in [-0.1, -0.05) is 12.1 Å². The molecule has 1 aliphatic heterocycles. The molecule has 0 spiro atoms. The van der Waals surface area contributed by atoms with Crippen molar-refractivity contribution in [2.45, 2.75) is 6.92 Å². The third-order valence-electron chi connectivity index (χ3n) is 5.94. The maximum absolute atomic E-state index is 13.2. The van der Waals surface area contributed by atoms with E-state index in [1.807, 2.05) is 13.0 Å². The van der Waals surface area contributed by atoms with Crippen molar-refractivity contribution in [3.05, 3.63) is 82.7 Å². The summed E-state index contributed by atoms with van der Waals surface area (Å²) in [6.07, 6.45) is 1.47. The summed E-state index contributed by atoms with van der Waals surface area (Å²) in [7, 11) is 0. The fraction of sp³-hybridized carbons (Fsp3) is 0.231. The zero-order chi connectivity index (χ0) is 24.4. The number of piperazine rings is 1. The number of nitrogens with zero attached hydrogens (tertiary/aromatic N) is 4. The number of fused-ring (bicyclic) bond motifs is 1. The molecule has 2 aromatic carbocycles. The number of anilines is 1. The molecule has 2 aromatic heterocycles. The number of amides is 1. The van der Waals surface area contributed by atoms with Gasteiger partial charge >= 0.3 is 5.63 Å². The van der Waals surface area contributed by atoms with Crippen LogP contribution in [0.3, 0.4) is 0 Å². The number of rotatable bonds is 5. The molecule has 1 aliphatic rings. The highest BCUT2D eigenvalue weighted by molar-refractivity contribution is 5.97. The van der Waals surface area contributed by atoms with Crippen molar-refractivity contribution in [3.8, 4) is 17.0 Å². The summed E-state index contributed by atoms with van der Waals surface area (Å²) in [5.74, 6) is 0.524. The third kappa shape index (κ3) is 4.57. The number of ether oxygens (including phenoxy) is 1. The van der Waals surface area contributed by atoms with Gasteiger partial charge in [0.05, 0.1) is 12.3 Å². The monoisotopic (exact) mass is 474 g/mol. The van der Waals surface area contributed by atoms with Crippen molar-refractivity contribution in [2.75, 3.05) is 37.7 Å². The zero-order valence-corrected chi connectivity index (χ0v) is 19.1. The van der Waals surface area contributed by atoms with E-state index in [2.05, 4.69) is 14.9 Å². The molecule has 0 saturated carbocycles. The van der Waals surface area contributed by atoms with Crippen molar-refractivity contribution < 1.29 is 18.3 Å². The van der Waals surface area contributed by atoms with E-state index in [9.17, 15) is 14.0 Å². The van der Waals surface area contributed by atoms with Crippen LogP contribution in [0.5, 0.6) is 5.75 Å². The lowest BCUT2D eigenvalue weighted by molar-refractivity contribution is 0.0742. The van der Waals surface area contributed by atoms with Gasteiger partial charge in [0.2, 0.25) is 0 Å². The van der Waals surface area contributed by atoms with Gasteiger partial charge in [0.1, 0.15) is 23.5 Å². The maximum Gasteiger partial charge on any atom is 0.349 e. The van der Waals surface area contributed by atoms with E-state index in [4.69, 9.17) is 9.15 Å². The molecule has 0 N–H and O–H groups in total. The second-order valence-corrected chi connectivity index (χ2v) is 8.10. The minimum Gasteiger partial charge on any atom is -0.490 e. The van der Waals surface area contributed by atoms with Crippen LogP contribution in [0.1, 0.15) is 17.3 Å². The Balaban J connectivity index is 1.31. The summed E-state index contributed by atoms with van der Waals surface area (Å²) < 4.78 is 24.2. The lowest BCUT2D eigenvalue weighted by Crippen LogP contribution is -2.49. The zero-order valence-electron chi connectivity index (χ0n) is 19.1. The van der Waals surface area contributed by atoms with Crippen LogP contribution in [0.25, 0.3) is 22.2 Å². The second kappa shape index (κ2) is 9.54. The summed E-state index contributed by atoms with van der Waals surface area (Å²) in [4.78, 5) is 38.1. The summed E-state index contributed by atoms with van der Waals surface area (Å²) in [5, 5.41) is 0.631. The first-order valence-corrected chi connectivity index (χ1v) is 11.4. The largest absolute Gasteiger partial charge is 0.490 e. The number of carbonyl (C=O) groups is 1. The first-order valence-electron chi connectivity index (χ1n) is 11.4. The number of benzene rings is 2. The van der Waals surface area contributed by atoms with Crippen LogP contribution in [0, 0.1) is 5.82 Å². The summed E-state index contributed by atoms with van der Waals surface area (Å²) in [6, 6.07) is 14.8. The van der Waals surface area contributed by atoms with E-state index < -0.39 is 5.63 Å². The molecule has 0 aliphatic carbocycles. The average Bonchev–Trinajstić information content (AvgIpc) is 2.89. The first kappa shape index (κ1) is 22.5.